The smallest absolute Gasteiger partial charge is 0.227 e. The zero-order chi connectivity index (χ0) is 22.8. The zero-order valence-electron chi connectivity index (χ0n) is 19.6. The fourth-order valence-corrected chi connectivity index (χ4v) is 5.11. The first kappa shape index (κ1) is 22.4. The lowest BCUT2D eigenvalue weighted by molar-refractivity contribution is -0.138. The van der Waals surface area contributed by atoms with E-state index in [-0.39, 0.29) is 29.7 Å². The van der Waals surface area contributed by atoms with E-state index in [9.17, 15) is 9.59 Å². The molecule has 5 rings (SSSR count). The predicted octanol–water partition coefficient (Wildman–Crippen LogP) is 2.67. The lowest BCUT2D eigenvalue weighted by Crippen LogP contribution is -2.53. The molecule has 1 aromatic carbocycles. The molecule has 0 bridgehead atoms. The lowest BCUT2D eigenvalue weighted by atomic mass is 9.93. The van der Waals surface area contributed by atoms with Gasteiger partial charge in [0.15, 0.2) is 0 Å². The van der Waals surface area contributed by atoms with Gasteiger partial charge in [0.25, 0.3) is 0 Å². The molecule has 2 aliphatic carbocycles. The monoisotopic (exact) mass is 452 g/mol. The Bertz CT molecular complexity index is 995. The van der Waals surface area contributed by atoms with Gasteiger partial charge in [-0.3, -0.25) is 9.59 Å². The van der Waals surface area contributed by atoms with Crippen LogP contribution in [0.1, 0.15) is 44.1 Å². The van der Waals surface area contributed by atoms with Gasteiger partial charge in [-0.15, -0.1) is 0 Å². The van der Waals surface area contributed by atoms with Crippen LogP contribution in [0.4, 0.5) is 0 Å². The second-order valence-corrected chi connectivity index (χ2v) is 9.98. The summed E-state index contributed by atoms with van der Waals surface area (Å²) in [6.07, 6.45) is 8.08. The SMILES string of the molecule is COCCCn1cc(CN(C(=O)[C@@H]2CNC[C@H](NC(=O)C3CC3)C2)C2CC2)c2ccccc21. The molecular weight excluding hydrogens is 416 g/mol. The van der Waals surface area contributed by atoms with Crippen LogP contribution in [0.5, 0.6) is 0 Å². The molecule has 0 unspecified atom stereocenters. The van der Waals surface area contributed by atoms with Crippen molar-refractivity contribution >= 4 is 22.7 Å². The lowest BCUT2D eigenvalue weighted by Gasteiger charge is -2.34. The highest BCUT2D eigenvalue weighted by Gasteiger charge is 2.39. The molecule has 1 aromatic heterocycles. The van der Waals surface area contributed by atoms with Crippen molar-refractivity contribution in [2.45, 2.75) is 63.7 Å². The molecule has 0 spiro atoms. The van der Waals surface area contributed by atoms with E-state index in [4.69, 9.17) is 4.74 Å². The first-order valence-corrected chi connectivity index (χ1v) is 12.5. The number of nitrogens with zero attached hydrogens (tertiary/aromatic N) is 2. The van der Waals surface area contributed by atoms with Gasteiger partial charge in [0.2, 0.25) is 11.8 Å². The summed E-state index contributed by atoms with van der Waals surface area (Å²) in [4.78, 5) is 28.0. The molecular formula is C26H36N4O3. The fourth-order valence-electron chi connectivity index (χ4n) is 5.11. The highest BCUT2D eigenvalue weighted by Crippen LogP contribution is 2.33. The zero-order valence-corrected chi connectivity index (χ0v) is 19.6. The van der Waals surface area contributed by atoms with Crippen molar-refractivity contribution in [3.05, 3.63) is 36.0 Å². The number of piperidine rings is 1. The van der Waals surface area contributed by atoms with Gasteiger partial charge in [-0.25, -0.2) is 0 Å². The number of para-hydroxylation sites is 1. The fraction of sp³-hybridized carbons (Fsp3) is 0.615. The first-order valence-electron chi connectivity index (χ1n) is 12.5. The largest absolute Gasteiger partial charge is 0.385 e. The summed E-state index contributed by atoms with van der Waals surface area (Å²) in [6.45, 7) is 3.73. The highest BCUT2D eigenvalue weighted by atomic mass is 16.5. The first-order chi connectivity index (χ1) is 16.1. The maximum atomic E-state index is 13.7. The van der Waals surface area contributed by atoms with Gasteiger partial charge in [-0.05, 0) is 50.2 Å². The van der Waals surface area contributed by atoms with E-state index in [0.29, 0.717) is 19.1 Å². The van der Waals surface area contributed by atoms with E-state index < -0.39 is 0 Å². The van der Waals surface area contributed by atoms with Crippen molar-refractivity contribution in [2.75, 3.05) is 26.8 Å². The molecule has 0 radical (unpaired) electrons. The maximum Gasteiger partial charge on any atom is 0.227 e. The van der Waals surface area contributed by atoms with Gasteiger partial charge < -0.3 is 24.8 Å². The Morgan fingerprint density at radius 2 is 1.97 bits per heavy atom. The number of rotatable bonds is 10. The van der Waals surface area contributed by atoms with Crippen molar-refractivity contribution in [1.82, 2.24) is 20.1 Å². The number of carbonyl (C=O) groups is 2. The molecule has 2 heterocycles. The minimum absolute atomic E-state index is 0.0459. The number of methoxy groups -OCH3 is 1. The van der Waals surface area contributed by atoms with Crippen LogP contribution in [-0.2, 0) is 27.4 Å². The normalized spacial score (nSPS) is 22.9. The van der Waals surface area contributed by atoms with E-state index in [1.54, 1.807) is 7.11 Å². The molecule has 178 valence electrons. The van der Waals surface area contributed by atoms with Crippen LogP contribution < -0.4 is 10.6 Å². The van der Waals surface area contributed by atoms with Crippen LogP contribution in [0, 0.1) is 11.8 Å². The Morgan fingerprint density at radius 1 is 1.15 bits per heavy atom. The molecule has 3 fully saturated rings. The van der Waals surface area contributed by atoms with Crippen LogP contribution in [0.3, 0.4) is 0 Å². The van der Waals surface area contributed by atoms with E-state index in [2.05, 4.69) is 50.6 Å². The minimum Gasteiger partial charge on any atom is -0.385 e. The summed E-state index contributed by atoms with van der Waals surface area (Å²) in [5, 5.41) is 7.78. The van der Waals surface area contributed by atoms with Gasteiger partial charge >= 0.3 is 0 Å². The third-order valence-corrected chi connectivity index (χ3v) is 7.22. The Hall–Kier alpha value is -2.38. The molecule has 1 aliphatic heterocycles. The number of benzene rings is 1. The number of aryl methyl sites for hydroxylation is 1. The van der Waals surface area contributed by atoms with Crippen molar-refractivity contribution in [3.63, 3.8) is 0 Å². The Labute approximate surface area is 195 Å². The van der Waals surface area contributed by atoms with Gasteiger partial charge in [0.1, 0.15) is 0 Å². The minimum atomic E-state index is -0.0843. The quantitative estimate of drug-likeness (QED) is 0.544. The summed E-state index contributed by atoms with van der Waals surface area (Å²) in [5.74, 6) is 0.506. The molecule has 7 nitrogen and oxygen atoms in total. The van der Waals surface area contributed by atoms with E-state index >= 15 is 0 Å². The Morgan fingerprint density at radius 3 is 2.73 bits per heavy atom. The molecule has 2 saturated carbocycles. The molecule has 2 aromatic rings. The number of hydrogen-bond acceptors (Lipinski definition) is 4. The van der Waals surface area contributed by atoms with Crippen molar-refractivity contribution < 1.29 is 14.3 Å². The third-order valence-electron chi connectivity index (χ3n) is 7.22. The predicted molar refractivity (Wildman–Crippen MR) is 128 cm³/mol. The number of hydrogen-bond donors (Lipinski definition) is 2. The molecule has 1 saturated heterocycles. The average molecular weight is 453 g/mol. The number of aromatic nitrogens is 1. The average Bonchev–Trinajstić information content (AvgIpc) is 3.75. The van der Waals surface area contributed by atoms with E-state index in [1.165, 1.54) is 16.5 Å². The van der Waals surface area contributed by atoms with Crippen LogP contribution in [0.15, 0.2) is 30.5 Å². The number of fused-ring (bicyclic) bond motifs is 1. The van der Waals surface area contributed by atoms with Crippen LogP contribution in [0.2, 0.25) is 0 Å². The number of carbonyl (C=O) groups excluding carboxylic acids is 2. The Kier molecular flexibility index (Phi) is 6.69. The summed E-state index contributed by atoms with van der Waals surface area (Å²) >= 11 is 0. The van der Waals surface area contributed by atoms with Gasteiger partial charge in [-0.2, -0.15) is 0 Å². The second-order valence-electron chi connectivity index (χ2n) is 9.98. The summed E-state index contributed by atoms with van der Waals surface area (Å²) in [5.41, 5.74) is 2.43. The van der Waals surface area contributed by atoms with Crippen LogP contribution in [0.25, 0.3) is 10.9 Å². The van der Waals surface area contributed by atoms with Gasteiger partial charge in [0.05, 0.1) is 5.92 Å². The molecule has 3 aliphatic rings. The van der Waals surface area contributed by atoms with Crippen LogP contribution in [-0.4, -0.2) is 60.2 Å². The van der Waals surface area contributed by atoms with E-state index in [1.807, 2.05) is 0 Å². The molecule has 2 N–H and O–H groups in total. The van der Waals surface area contributed by atoms with Gasteiger partial charge in [0, 0.05) is 75.0 Å². The number of amides is 2. The summed E-state index contributed by atoms with van der Waals surface area (Å²) < 4.78 is 7.53. The number of nitrogens with one attached hydrogen (secondary N) is 2. The highest BCUT2D eigenvalue weighted by molar-refractivity contribution is 5.85. The number of ether oxygens (including phenoxy) is 1. The molecule has 33 heavy (non-hydrogen) atoms. The molecule has 2 amide bonds. The molecule has 7 heteroatoms. The van der Waals surface area contributed by atoms with Crippen molar-refractivity contribution in [1.29, 1.82) is 0 Å². The van der Waals surface area contributed by atoms with Crippen LogP contribution >= 0.6 is 0 Å². The summed E-state index contributed by atoms with van der Waals surface area (Å²) in [6, 6.07) is 8.87. The Balaban J connectivity index is 1.29. The van der Waals surface area contributed by atoms with Crippen molar-refractivity contribution in [2.24, 2.45) is 11.8 Å². The third kappa shape index (κ3) is 5.25. The van der Waals surface area contributed by atoms with Gasteiger partial charge in [-0.1, -0.05) is 18.2 Å². The maximum absolute atomic E-state index is 13.7. The van der Waals surface area contributed by atoms with E-state index in [0.717, 1.165) is 58.2 Å². The topological polar surface area (TPSA) is 75.6 Å². The molecule has 2 atom stereocenters. The summed E-state index contributed by atoms with van der Waals surface area (Å²) in [7, 11) is 1.74. The second kappa shape index (κ2) is 9.85. The standard InChI is InChI=1S/C26H36N4O3/c1-33-12-4-11-29-16-20(23-5-2-3-6-24(23)29)17-30(22-9-10-22)26(32)19-13-21(15-27-14-19)28-25(31)18-7-8-18/h2-3,5-6,16,18-19,21-22,27H,4,7-15,17H2,1H3,(H,28,31)/t19-,21+/m0/s1. The van der Waals surface area contributed by atoms with Crippen molar-refractivity contribution in [3.8, 4) is 0 Å².